The molecule has 0 aromatic heterocycles. The summed E-state index contributed by atoms with van der Waals surface area (Å²) in [5.41, 5.74) is 1.97. The molecule has 23 heavy (non-hydrogen) atoms. The molecule has 0 aliphatic heterocycles. The lowest BCUT2D eigenvalue weighted by Gasteiger charge is -2.40. The van der Waals surface area contributed by atoms with Crippen LogP contribution >= 0.6 is 11.6 Å². The molecule has 1 aromatic rings. The summed E-state index contributed by atoms with van der Waals surface area (Å²) in [7, 11) is 0. The standard InChI is InChI=1S/C22H31Cl/c1-2-18-6-8-19(9-7-18)14-17-22(15-4-3-5-16-22)20-10-12-21(23)13-11-20/h2,10-13,18-19H,1,3-9,14-17H2. The van der Waals surface area contributed by atoms with E-state index in [9.17, 15) is 0 Å². The predicted octanol–water partition coefficient (Wildman–Crippen LogP) is 7.31. The molecular formula is C22H31Cl. The third kappa shape index (κ3) is 4.21. The van der Waals surface area contributed by atoms with Crippen molar-refractivity contribution in [3.8, 4) is 0 Å². The maximum Gasteiger partial charge on any atom is 0.0406 e. The topological polar surface area (TPSA) is 0 Å². The van der Waals surface area contributed by atoms with Crippen LogP contribution in [-0.2, 0) is 5.41 Å². The average molecular weight is 331 g/mol. The van der Waals surface area contributed by atoms with E-state index in [0.29, 0.717) is 5.41 Å². The van der Waals surface area contributed by atoms with E-state index in [1.54, 1.807) is 5.56 Å². The Bertz CT molecular complexity index is 487. The van der Waals surface area contributed by atoms with Crippen LogP contribution in [0.3, 0.4) is 0 Å². The molecular weight excluding hydrogens is 300 g/mol. The van der Waals surface area contributed by atoms with Crippen LogP contribution in [0.25, 0.3) is 0 Å². The van der Waals surface area contributed by atoms with Gasteiger partial charge >= 0.3 is 0 Å². The highest BCUT2D eigenvalue weighted by Crippen LogP contribution is 2.45. The fourth-order valence-electron chi connectivity index (χ4n) is 4.91. The zero-order valence-corrected chi connectivity index (χ0v) is 15.2. The number of halogens is 1. The van der Waals surface area contributed by atoms with E-state index >= 15 is 0 Å². The Morgan fingerprint density at radius 1 is 1.00 bits per heavy atom. The summed E-state index contributed by atoms with van der Waals surface area (Å²) in [6, 6.07) is 8.76. The van der Waals surface area contributed by atoms with Gasteiger partial charge in [0.05, 0.1) is 0 Å². The molecule has 0 saturated heterocycles. The van der Waals surface area contributed by atoms with E-state index in [2.05, 4.69) is 36.9 Å². The molecule has 2 fully saturated rings. The lowest BCUT2D eigenvalue weighted by molar-refractivity contribution is 0.222. The van der Waals surface area contributed by atoms with E-state index in [-0.39, 0.29) is 0 Å². The van der Waals surface area contributed by atoms with E-state index in [0.717, 1.165) is 16.9 Å². The van der Waals surface area contributed by atoms with Gasteiger partial charge in [-0.3, -0.25) is 0 Å². The second-order valence-corrected chi connectivity index (χ2v) is 8.34. The lowest BCUT2D eigenvalue weighted by Crippen LogP contribution is -2.30. The molecule has 0 unspecified atom stereocenters. The predicted molar refractivity (Wildman–Crippen MR) is 101 cm³/mol. The maximum atomic E-state index is 6.11. The van der Waals surface area contributed by atoms with E-state index in [1.165, 1.54) is 70.6 Å². The molecule has 3 rings (SSSR count). The molecule has 126 valence electrons. The van der Waals surface area contributed by atoms with Gasteiger partial charge in [0.1, 0.15) is 0 Å². The second kappa shape index (κ2) is 7.88. The van der Waals surface area contributed by atoms with Crippen molar-refractivity contribution in [2.24, 2.45) is 11.8 Å². The average Bonchev–Trinajstić information content (AvgIpc) is 2.62. The van der Waals surface area contributed by atoms with Gasteiger partial charge in [-0.05, 0) is 86.3 Å². The molecule has 0 atom stereocenters. The number of hydrogen-bond acceptors (Lipinski definition) is 0. The Labute approximate surface area is 147 Å². The Morgan fingerprint density at radius 3 is 2.26 bits per heavy atom. The van der Waals surface area contributed by atoms with Crippen molar-refractivity contribution in [3.63, 3.8) is 0 Å². The molecule has 1 aromatic carbocycles. The number of rotatable bonds is 5. The molecule has 0 amide bonds. The van der Waals surface area contributed by atoms with Gasteiger partial charge in [-0.2, -0.15) is 0 Å². The van der Waals surface area contributed by atoms with Gasteiger partial charge < -0.3 is 0 Å². The van der Waals surface area contributed by atoms with Gasteiger partial charge in [0.2, 0.25) is 0 Å². The first-order valence-electron chi connectivity index (χ1n) is 9.60. The van der Waals surface area contributed by atoms with Crippen molar-refractivity contribution in [1.29, 1.82) is 0 Å². The first-order valence-corrected chi connectivity index (χ1v) is 9.98. The van der Waals surface area contributed by atoms with E-state index in [4.69, 9.17) is 11.6 Å². The highest BCUT2D eigenvalue weighted by atomic mass is 35.5. The van der Waals surface area contributed by atoms with Crippen molar-refractivity contribution < 1.29 is 0 Å². The molecule has 2 aliphatic carbocycles. The van der Waals surface area contributed by atoms with Crippen molar-refractivity contribution in [2.75, 3.05) is 0 Å². The third-order valence-electron chi connectivity index (χ3n) is 6.52. The van der Waals surface area contributed by atoms with Gasteiger partial charge in [-0.25, -0.2) is 0 Å². The first-order chi connectivity index (χ1) is 11.2. The van der Waals surface area contributed by atoms with Crippen LogP contribution in [0, 0.1) is 11.8 Å². The van der Waals surface area contributed by atoms with Crippen LogP contribution < -0.4 is 0 Å². The molecule has 0 radical (unpaired) electrons. The third-order valence-corrected chi connectivity index (χ3v) is 6.78. The summed E-state index contributed by atoms with van der Waals surface area (Å²) in [6.07, 6.45) is 17.5. The molecule has 0 spiro atoms. The summed E-state index contributed by atoms with van der Waals surface area (Å²) in [5, 5.41) is 0.863. The van der Waals surface area contributed by atoms with Crippen LogP contribution in [0.5, 0.6) is 0 Å². The van der Waals surface area contributed by atoms with Crippen LogP contribution in [0.1, 0.15) is 76.2 Å². The summed E-state index contributed by atoms with van der Waals surface area (Å²) in [4.78, 5) is 0. The fraction of sp³-hybridized carbons (Fsp3) is 0.636. The first kappa shape index (κ1) is 17.1. The fourth-order valence-corrected chi connectivity index (χ4v) is 5.03. The molecule has 1 heteroatoms. The SMILES string of the molecule is C=CC1CCC(CCC2(c3ccc(Cl)cc3)CCCCC2)CC1. The van der Waals surface area contributed by atoms with Crippen LogP contribution in [0.2, 0.25) is 5.02 Å². The Kier molecular flexibility index (Phi) is 5.85. The molecule has 0 heterocycles. The van der Waals surface area contributed by atoms with E-state index < -0.39 is 0 Å². The highest BCUT2D eigenvalue weighted by molar-refractivity contribution is 6.30. The lowest BCUT2D eigenvalue weighted by atomic mass is 9.65. The number of allylic oxidation sites excluding steroid dienone is 1. The van der Waals surface area contributed by atoms with Crippen molar-refractivity contribution >= 4 is 11.6 Å². The van der Waals surface area contributed by atoms with Gasteiger partial charge in [-0.15, -0.1) is 6.58 Å². The van der Waals surface area contributed by atoms with Gasteiger partial charge in [0.15, 0.2) is 0 Å². The summed E-state index contributed by atoms with van der Waals surface area (Å²) < 4.78 is 0. The molecule has 0 nitrogen and oxygen atoms in total. The summed E-state index contributed by atoms with van der Waals surface area (Å²) >= 11 is 6.11. The normalized spacial score (nSPS) is 27.5. The monoisotopic (exact) mass is 330 g/mol. The second-order valence-electron chi connectivity index (χ2n) is 7.90. The van der Waals surface area contributed by atoms with Crippen molar-refractivity contribution in [1.82, 2.24) is 0 Å². The van der Waals surface area contributed by atoms with E-state index in [1.807, 2.05) is 0 Å². The Balaban J connectivity index is 1.65. The van der Waals surface area contributed by atoms with Crippen LogP contribution in [0.15, 0.2) is 36.9 Å². The maximum absolute atomic E-state index is 6.11. The van der Waals surface area contributed by atoms with Crippen molar-refractivity contribution in [2.45, 2.75) is 76.0 Å². The van der Waals surface area contributed by atoms with Gasteiger partial charge in [0.25, 0.3) is 0 Å². The van der Waals surface area contributed by atoms with Crippen molar-refractivity contribution in [3.05, 3.63) is 47.5 Å². The number of hydrogen-bond donors (Lipinski definition) is 0. The minimum absolute atomic E-state index is 0.429. The Hall–Kier alpha value is -0.750. The highest BCUT2D eigenvalue weighted by Gasteiger charge is 2.34. The summed E-state index contributed by atoms with van der Waals surface area (Å²) in [5.74, 6) is 1.73. The van der Waals surface area contributed by atoms with Gasteiger partial charge in [0, 0.05) is 5.02 Å². The zero-order chi connectivity index (χ0) is 16.1. The quantitative estimate of drug-likeness (QED) is 0.496. The molecule has 0 N–H and O–H groups in total. The van der Waals surface area contributed by atoms with Gasteiger partial charge in [-0.1, -0.05) is 49.1 Å². The smallest absolute Gasteiger partial charge is 0.0406 e. The number of benzene rings is 1. The minimum atomic E-state index is 0.429. The largest absolute Gasteiger partial charge is 0.103 e. The van der Waals surface area contributed by atoms with Crippen LogP contribution in [0.4, 0.5) is 0 Å². The minimum Gasteiger partial charge on any atom is -0.103 e. The molecule has 2 saturated carbocycles. The zero-order valence-electron chi connectivity index (χ0n) is 14.4. The summed E-state index contributed by atoms with van der Waals surface area (Å²) in [6.45, 7) is 3.98. The van der Waals surface area contributed by atoms with Crippen LogP contribution in [-0.4, -0.2) is 0 Å². The molecule has 0 bridgehead atoms. The Morgan fingerprint density at radius 2 is 1.65 bits per heavy atom. The molecule has 2 aliphatic rings.